The zero-order valence-corrected chi connectivity index (χ0v) is 12.8. The van der Waals surface area contributed by atoms with Crippen molar-refractivity contribution in [1.82, 2.24) is 15.0 Å². The highest BCUT2D eigenvalue weighted by molar-refractivity contribution is 7.25. The number of aromatic amines is 2. The Morgan fingerprint density at radius 2 is 1.87 bits per heavy atom. The number of aromatic nitrogens is 3. The van der Waals surface area contributed by atoms with Crippen molar-refractivity contribution in [3.05, 3.63) is 62.6 Å². The van der Waals surface area contributed by atoms with E-state index in [9.17, 15) is 14.0 Å². The molecule has 0 unspecified atom stereocenters. The topological polar surface area (TPSA) is 78.6 Å². The number of thiophene rings is 1. The number of H-pyrrole nitrogens is 2. The summed E-state index contributed by atoms with van der Waals surface area (Å²) in [5, 5.41) is 0.763. The lowest BCUT2D eigenvalue weighted by atomic mass is 10.1. The van der Waals surface area contributed by atoms with Gasteiger partial charge < -0.3 is 4.98 Å². The van der Waals surface area contributed by atoms with Gasteiger partial charge in [-0.25, -0.2) is 14.2 Å². The summed E-state index contributed by atoms with van der Waals surface area (Å²) in [6, 6.07) is 7.93. The quantitative estimate of drug-likeness (QED) is 0.564. The summed E-state index contributed by atoms with van der Waals surface area (Å²) >= 11 is 1.22. The Bertz CT molecular complexity index is 1170. The Balaban J connectivity index is 2.07. The number of nitrogens with one attached hydrogen (secondary N) is 2. The third-order valence-electron chi connectivity index (χ3n) is 3.67. The SMILES string of the molecule is Cc1cc(-c2ccc(F)cc2)nc2sc3c(=O)[nH]c(=O)[nH]c3c12. The number of rotatable bonds is 1. The van der Waals surface area contributed by atoms with Crippen molar-refractivity contribution < 1.29 is 4.39 Å². The lowest BCUT2D eigenvalue weighted by Gasteiger charge is -2.04. The van der Waals surface area contributed by atoms with E-state index in [0.717, 1.165) is 16.5 Å². The molecule has 4 rings (SSSR count). The number of halogens is 1. The summed E-state index contributed by atoms with van der Waals surface area (Å²) in [5.41, 5.74) is 1.92. The van der Waals surface area contributed by atoms with E-state index < -0.39 is 11.2 Å². The normalized spacial score (nSPS) is 11.4. The molecule has 0 aliphatic heterocycles. The van der Waals surface area contributed by atoms with Gasteiger partial charge in [-0.15, -0.1) is 11.3 Å². The number of hydrogen-bond donors (Lipinski definition) is 2. The Labute approximate surface area is 132 Å². The second-order valence-electron chi connectivity index (χ2n) is 5.23. The highest BCUT2D eigenvalue weighted by Gasteiger charge is 2.14. The maximum atomic E-state index is 13.1. The van der Waals surface area contributed by atoms with Crippen LogP contribution in [0.3, 0.4) is 0 Å². The highest BCUT2D eigenvalue weighted by Crippen LogP contribution is 2.33. The third-order valence-corrected chi connectivity index (χ3v) is 4.75. The number of hydrogen-bond acceptors (Lipinski definition) is 4. The molecular formula is C16H10FN3O2S. The van der Waals surface area contributed by atoms with Gasteiger partial charge >= 0.3 is 5.69 Å². The fourth-order valence-electron chi connectivity index (χ4n) is 2.64. The Morgan fingerprint density at radius 1 is 1.13 bits per heavy atom. The van der Waals surface area contributed by atoms with Crippen LogP contribution in [0.25, 0.3) is 31.7 Å². The minimum Gasteiger partial charge on any atom is -0.305 e. The second-order valence-corrected chi connectivity index (χ2v) is 6.22. The van der Waals surface area contributed by atoms with Crippen LogP contribution in [0.4, 0.5) is 4.39 Å². The van der Waals surface area contributed by atoms with Gasteiger partial charge in [-0.3, -0.25) is 9.78 Å². The van der Waals surface area contributed by atoms with Crippen LogP contribution in [0.5, 0.6) is 0 Å². The fraction of sp³-hybridized carbons (Fsp3) is 0.0625. The minimum atomic E-state index is -0.538. The molecule has 5 nitrogen and oxygen atoms in total. The third kappa shape index (κ3) is 2.17. The molecule has 0 radical (unpaired) electrons. The van der Waals surface area contributed by atoms with Gasteiger partial charge in [0.1, 0.15) is 15.3 Å². The van der Waals surface area contributed by atoms with Crippen LogP contribution in [0.15, 0.2) is 39.9 Å². The van der Waals surface area contributed by atoms with Crippen molar-refractivity contribution in [3.8, 4) is 11.3 Å². The molecule has 23 heavy (non-hydrogen) atoms. The van der Waals surface area contributed by atoms with Gasteiger partial charge in [-0.2, -0.15) is 0 Å². The maximum absolute atomic E-state index is 13.1. The fourth-order valence-corrected chi connectivity index (χ4v) is 3.74. The van der Waals surface area contributed by atoms with E-state index >= 15 is 0 Å². The van der Waals surface area contributed by atoms with Crippen molar-refractivity contribution in [2.75, 3.05) is 0 Å². The van der Waals surface area contributed by atoms with Crippen LogP contribution in [-0.4, -0.2) is 15.0 Å². The Hall–Kier alpha value is -2.80. The molecule has 0 saturated carbocycles. The summed E-state index contributed by atoms with van der Waals surface area (Å²) in [7, 11) is 0. The van der Waals surface area contributed by atoms with Crippen molar-refractivity contribution >= 4 is 31.8 Å². The van der Waals surface area contributed by atoms with E-state index in [-0.39, 0.29) is 5.82 Å². The molecular weight excluding hydrogens is 317 g/mol. The molecule has 114 valence electrons. The van der Waals surface area contributed by atoms with Gasteiger partial charge in [0.15, 0.2) is 0 Å². The Morgan fingerprint density at radius 3 is 2.61 bits per heavy atom. The number of benzene rings is 1. The number of fused-ring (bicyclic) bond motifs is 3. The van der Waals surface area contributed by atoms with Crippen molar-refractivity contribution in [2.24, 2.45) is 0 Å². The molecule has 0 saturated heterocycles. The monoisotopic (exact) mass is 327 g/mol. The van der Waals surface area contributed by atoms with E-state index in [1.165, 1.54) is 23.5 Å². The van der Waals surface area contributed by atoms with E-state index in [1.807, 2.05) is 13.0 Å². The first-order valence-corrected chi connectivity index (χ1v) is 7.67. The van der Waals surface area contributed by atoms with E-state index in [0.29, 0.717) is 20.7 Å². The minimum absolute atomic E-state index is 0.308. The first kappa shape index (κ1) is 13.8. The maximum Gasteiger partial charge on any atom is 0.326 e. The molecule has 2 N–H and O–H groups in total. The smallest absolute Gasteiger partial charge is 0.305 e. The zero-order chi connectivity index (χ0) is 16.1. The Kier molecular flexibility index (Phi) is 2.92. The second kappa shape index (κ2) is 4.85. The van der Waals surface area contributed by atoms with Crippen molar-refractivity contribution in [3.63, 3.8) is 0 Å². The van der Waals surface area contributed by atoms with Crippen LogP contribution in [-0.2, 0) is 0 Å². The molecule has 0 spiro atoms. The zero-order valence-electron chi connectivity index (χ0n) is 11.9. The first-order chi connectivity index (χ1) is 11.0. The predicted molar refractivity (Wildman–Crippen MR) is 88.5 cm³/mol. The molecule has 0 atom stereocenters. The van der Waals surface area contributed by atoms with E-state index in [2.05, 4.69) is 15.0 Å². The van der Waals surface area contributed by atoms with Crippen LogP contribution < -0.4 is 11.2 Å². The van der Waals surface area contributed by atoms with Gasteiger partial charge in [0.25, 0.3) is 5.56 Å². The molecule has 3 heterocycles. The summed E-state index contributed by atoms with van der Waals surface area (Å²) in [4.78, 5) is 33.6. The van der Waals surface area contributed by atoms with Crippen molar-refractivity contribution in [2.45, 2.75) is 6.92 Å². The van der Waals surface area contributed by atoms with Gasteiger partial charge in [0.2, 0.25) is 0 Å². The number of nitrogens with zero attached hydrogens (tertiary/aromatic N) is 1. The first-order valence-electron chi connectivity index (χ1n) is 6.85. The van der Waals surface area contributed by atoms with E-state index in [1.54, 1.807) is 12.1 Å². The van der Waals surface area contributed by atoms with Crippen molar-refractivity contribution in [1.29, 1.82) is 0 Å². The molecule has 7 heteroatoms. The predicted octanol–water partition coefficient (Wildman–Crippen LogP) is 2.94. The number of pyridine rings is 1. The van der Waals surface area contributed by atoms with Crippen LogP contribution >= 0.6 is 11.3 Å². The van der Waals surface area contributed by atoms with Gasteiger partial charge in [0.05, 0.1) is 11.2 Å². The molecule has 0 fully saturated rings. The molecule has 0 bridgehead atoms. The largest absolute Gasteiger partial charge is 0.326 e. The van der Waals surface area contributed by atoms with Gasteiger partial charge in [-0.05, 0) is 42.8 Å². The van der Waals surface area contributed by atoms with Crippen LogP contribution in [0, 0.1) is 12.7 Å². The van der Waals surface area contributed by atoms with Crippen LogP contribution in [0.2, 0.25) is 0 Å². The van der Waals surface area contributed by atoms with Crippen LogP contribution in [0.1, 0.15) is 5.56 Å². The highest BCUT2D eigenvalue weighted by atomic mass is 32.1. The summed E-state index contributed by atoms with van der Waals surface area (Å²) in [5.74, 6) is -0.308. The van der Waals surface area contributed by atoms with Gasteiger partial charge in [-0.1, -0.05) is 0 Å². The summed E-state index contributed by atoms with van der Waals surface area (Å²) in [6.07, 6.45) is 0. The molecule has 4 aromatic rings. The average Bonchev–Trinajstić information content (AvgIpc) is 2.87. The van der Waals surface area contributed by atoms with Gasteiger partial charge in [0, 0.05) is 10.9 Å². The average molecular weight is 327 g/mol. The lowest BCUT2D eigenvalue weighted by molar-refractivity contribution is 0.628. The number of aryl methyl sites for hydroxylation is 1. The lowest BCUT2D eigenvalue weighted by Crippen LogP contribution is -2.20. The molecule has 0 amide bonds. The molecule has 0 aliphatic rings. The van der Waals surface area contributed by atoms with E-state index in [4.69, 9.17) is 0 Å². The summed E-state index contributed by atoms with van der Waals surface area (Å²) in [6.45, 7) is 1.89. The molecule has 1 aromatic carbocycles. The molecule has 3 aromatic heterocycles. The standard InChI is InChI=1S/C16H10FN3O2S/c1-7-6-10(8-2-4-9(17)5-3-8)18-15-11(7)12-13(23-15)14(21)20-16(22)19-12/h2-6H,1H3,(H2,19,20,21,22). The molecule has 0 aliphatic carbocycles. The summed E-state index contributed by atoms with van der Waals surface area (Å²) < 4.78 is 13.5.